The fraction of sp³-hybridized carbons (Fsp3) is 0.118. The Bertz CT molecular complexity index is 1180. The summed E-state index contributed by atoms with van der Waals surface area (Å²) in [6.07, 6.45) is 1.43. The van der Waals surface area contributed by atoms with Crippen molar-refractivity contribution >= 4 is 21.6 Å². The number of methoxy groups -OCH3 is 1. The average Bonchev–Trinajstić information content (AvgIpc) is 3.28. The minimum Gasteiger partial charge on any atom is -0.497 e. The van der Waals surface area contributed by atoms with E-state index < -0.39 is 0 Å². The second-order valence-corrected chi connectivity index (χ2v) is 6.51. The van der Waals surface area contributed by atoms with Gasteiger partial charge in [0.05, 0.1) is 19.2 Å². The molecular formula is C17H12N6O2S. The molecule has 0 amide bonds. The van der Waals surface area contributed by atoms with Crippen LogP contribution < -0.4 is 10.3 Å². The molecule has 3 aromatic heterocycles. The lowest BCUT2D eigenvalue weighted by Gasteiger charge is -2.01. The van der Waals surface area contributed by atoms with Gasteiger partial charge in [-0.25, -0.2) is 4.98 Å². The van der Waals surface area contributed by atoms with Gasteiger partial charge in [-0.15, -0.1) is 21.5 Å². The van der Waals surface area contributed by atoms with E-state index in [0.29, 0.717) is 16.0 Å². The van der Waals surface area contributed by atoms with Crippen LogP contribution in [0.5, 0.6) is 5.75 Å². The first-order valence-electron chi connectivity index (χ1n) is 7.63. The number of benzene rings is 1. The normalized spacial score (nSPS) is 10.8. The molecule has 4 aromatic rings. The lowest BCUT2D eigenvalue weighted by atomic mass is 10.2. The number of hydrogen-bond acceptors (Lipinski definition) is 7. The maximum atomic E-state index is 12.4. The number of fused-ring (bicyclic) bond motifs is 1. The Morgan fingerprint density at radius 2 is 2.15 bits per heavy atom. The van der Waals surface area contributed by atoms with Crippen molar-refractivity contribution in [3.8, 4) is 22.3 Å². The second-order valence-electron chi connectivity index (χ2n) is 5.46. The summed E-state index contributed by atoms with van der Waals surface area (Å²) in [7, 11) is 1.62. The van der Waals surface area contributed by atoms with E-state index in [4.69, 9.17) is 10.00 Å². The van der Waals surface area contributed by atoms with Crippen LogP contribution in [0.3, 0.4) is 0 Å². The monoisotopic (exact) mass is 364 g/mol. The van der Waals surface area contributed by atoms with Gasteiger partial charge in [-0.2, -0.15) is 5.26 Å². The van der Waals surface area contributed by atoms with E-state index in [1.54, 1.807) is 7.11 Å². The van der Waals surface area contributed by atoms with Crippen LogP contribution >= 0.6 is 11.3 Å². The van der Waals surface area contributed by atoms with Crippen LogP contribution in [0, 0.1) is 11.3 Å². The molecule has 0 bridgehead atoms. The fourth-order valence-electron chi connectivity index (χ4n) is 2.58. The summed E-state index contributed by atoms with van der Waals surface area (Å²) >= 11 is 1.38. The SMILES string of the molecule is COc1ccc(-c2cc3nc(Cn4cnnc4C#N)[nH]c(=O)c3s2)cc1. The van der Waals surface area contributed by atoms with Gasteiger partial charge in [-0.05, 0) is 35.9 Å². The quantitative estimate of drug-likeness (QED) is 0.594. The maximum Gasteiger partial charge on any atom is 0.268 e. The Kier molecular flexibility index (Phi) is 3.95. The number of aromatic nitrogens is 5. The molecule has 9 heteroatoms. The highest BCUT2D eigenvalue weighted by Gasteiger charge is 2.12. The first kappa shape index (κ1) is 16.0. The number of H-pyrrole nitrogens is 1. The van der Waals surface area contributed by atoms with Crippen LogP contribution in [0.2, 0.25) is 0 Å². The first-order chi connectivity index (χ1) is 12.7. The lowest BCUT2D eigenvalue weighted by molar-refractivity contribution is 0.415. The molecule has 0 saturated heterocycles. The van der Waals surface area contributed by atoms with Crippen LogP contribution in [0.4, 0.5) is 0 Å². The Morgan fingerprint density at radius 1 is 1.35 bits per heavy atom. The van der Waals surface area contributed by atoms with Crippen molar-refractivity contribution in [2.75, 3.05) is 7.11 Å². The fourth-order valence-corrected chi connectivity index (χ4v) is 3.58. The zero-order valence-electron chi connectivity index (χ0n) is 13.6. The maximum absolute atomic E-state index is 12.4. The third-order valence-corrected chi connectivity index (χ3v) is 5.01. The van der Waals surface area contributed by atoms with Crippen molar-refractivity contribution in [1.29, 1.82) is 5.26 Å². The summed E-state index contributed by atoms with van der Waals surface area (Å²) in [5.74, 6) is 1.38. The summed E-state index contributed by atoms with van der Waals surface area (Å²) in [4.78, 5) is 20.6. The van der Waals surface area contributed by atoms with Gasteiger partial charge in [0.2, 0.25) is 5.82 Å². The lowest BCUT2D eigenvalue weighted by Crippen LogP contribution is -2.13. The molecular weight excluding hydrogens is 352 g/mol. The molecule has 0 spiro atoms. The van der Waals surface area contributed by atoms with E-state index in [-0.39, 0.29) is 17.9 Å². The Morgan fingerprint density at radius 3 is 2.88 bits per heavy atom. The van der Waals surface area contributed by atoms with Crippen LogP contribution in [0.25, 0.3) is 20.7 Å². The highest BCUT2D eigenvalue weighted by molar-refractivity contribution is 7.22. The van der Waals surface area contributed by atoms with E-state index in [1.807, 2.05) is 36.4 Å². The van der Waals surface area contributed by atoms with Gasteiger partial charge in [0.25, 0.3) is 5.56 Å². The molecule has 4 rings (SSSR count). The minimum absolute atomic E-state index is 0.164. The van der Waals surface area contributed by atoms with E-state index in [0.717, 1.165) is 16.2 Å². The minimum atomic E-state index is -0.207. The van der Waals surface area contributed by atoms with Gasteiger partial charge in [0.1, 0.15) is 28.7 Å². The van der Waals surface area contributed by atoms with Gasteiger partial charge in [-0.1, -0.05) is 0 Å². The summed E-state index contributed by atoms with van der Waals surface area (Å²) in [5, 5.41) is 16.4. The van der Waals surface area contributed by atoms with E-state index >= 15 is 0 Å². The molecule has 3 heterocycles. The molecule has 0 saturated carbocycles. The summed E-state index contributed by atoms with van der Waals surface area (Å²) in [5.41, 5.74) is 1.40. The van der Waals surface area contributed by atoms with Crippen LogP contribution in [-0.2, 0) is 6.54 Å². The Labute approximate surface area is 151 Å². The number of nitrogens with one attached hydrogen (secondary N) is 1. The predicted octanol–water partition coefficient (Wildman–Crippen LogP) is 2.17. The van der Waals surface area contributed by atoms with E-state index in [2.05, 4.69) is 20.2 Å². The molecule has 0 aliphatic rings. The zero-order chi connectivity index (χ0) is 18.1. The van der Waals surface area contributed by atoms with Crippen LogP contribution in [0.1, 0.15) is 11.6 Å². The molecule has 0 unspecified atom stereocenters. The molecule has 1 N–H and O–H groups in total. The summed E-state index contributed by atoms with van der Waals surface area (Å²) in [6.45, 7) is 0.217. The highest BCUT2D eigenvalue weighted by atomic mass is 32.1. The average molecular weight is 364 g/mol. The summed E-state index contributed by atoms with van der Waals surface area (Å²) < 4.78 is 7.26. The molecule has 0 fully saturated rings. The molecule has 0 radical (unpaired) electrons. The van der Waals surface area contributed by atoms with Crippen LogP contribution in [-0.4, -0.2) is 31.8 Å². The third kappa shape index (κ3) is 2.82. The standard InChI is InChI=1S/C17H12N6O2S/c1-25-11-4-2-10(3-5-11)13-6-12-16(26-13)17(24)21-14(20-12)8-23-9-19-22-15(23)7-18/h2-6,9H,8H2,1H3,(H,20,21,24). The number of nitriles is 1. The zero-order valence-corrected chi connectivity index (χ0v) is 14.4. The van der Waals surface area contributed by atoms with Crippen molar-refractivity contribution in [1.82, 2.24) is 24.7 Å². The molecule has 1 aromatic carbocycles. The van der Waals surface area contributed by atoms with Gasteiger partial charge >= 0.3 is 0 Å². The van der Waals surface area contributed by atoms with E-state index in [1.165, 1.54) is 22.2 Å². The highest BCUT2D eigenvalue weighted by Crippen LogP contribution is 2.31. The van der Waals surface area contributed by atoms with Crippen molar-refractivity contribution in [3.05, 3.63) is 58.7 Å². The third-order valence-electron chi connectivity index (χ3n) is 3.84. The molecule has 0 aliphatic heterocycles. The molecule has 8 nitrogen and oxygen atoms in total. The number of ether oxygens (including phenoxy) is 1. The number of aromatic amines is 1. The van der Waals surface area contributed by atoms with Gasteiger partial charge < -0.3 is 9.72 Å². The number of nitrogens with zero attached hydrogens (tertiary/aromatic N) is 5. The van der Waals surface area contributed by atoms with Gasteiger partial charge in [-0.3, -0.25) is 9.36 Å². The first-order valence-corrected chi connectivity index (χ1v) is 8.44. The molecule has 26 heavy (non-hydrogen) atoms. The van der Waals surface area contributed by atoms with E-state index in [9.17, 15) is 4.79 Å². The van der Waals surface area contributed by atoms with Gasteiger partial charge in [0.15, 0.2) is 0 Å². The summed E-state index contributed by atoms with van der Waals surface area (Å²) in [6, 6.07) is 11.5. The predicted molar refractivity (Wildman–Crippen MR) is 96.1 cm³/mol. The molecule has 0 atom stereocenters. The smallest absolute Gasteiger partial charge is 0.268 e. The van der Waals surface area contributed by atoms with Crippen molar-refractivity contribution in [2.24, 2.45) is 0 Å². The Balaban J connectivity index is 1.73. The van der Waals surface area contributed by atoms with Crippen molar-refractivity contribution < 1.29 is 4.74 Å². The van der Waals surface area contributed by atoms with Crippen molar-refractivity contribution in [2.45, 2.75) is 6.54 Å². The number of thiophene rings is 1. The van der Waals surface area contributed by atoms with Crippen LogP contribution in [0.15, 0.2) is 41.5 Å². The molecule has 128 valence electrons. The number of hydrogen-bond donors (Lipinski definition) is 1. The van der Waals surface area contributed by atoms with Gasteiger partial charge in [0, 0.05) is 4.88 Å². The largest absolute Gasteiger partial charge is 0.497 e. The number of rotatable bonds is 4. The topological polar surface area (TPSA) is 109 Å². The second kappa shape index (κ2) is 6.42. The van der Waals surface area contributed by atoms with Crippen molar-refractivity contribution in [3.63, 3.8) is 0 Å². The molecule has 0 aliphatic carbocycles. The Hall–Kier alpha value is -3.51.